The Bertz CT molecular complexity index is 1170. The molecule has 0 saturated heterocycles. The standard InChI is InChI=1S/C22H21ClN4O2/c1-12-21(13(2)29-27-12)17-8-19-16(9-20(17)28-3)22(18(24)11-25-19)26-10-14-4-6-15(23)7-5-14/h4-9,11H,10,24H2,1-3H3,(H,25,26). The van der Waals surface area contributed by atoms with Crippen LogP contribution in [0.5, 0.6) is 5.75 Å². The zero-order valence-corrected chi connectivity index (χ0v) is 17.2. The number of fused-ring (bicyclic) bond motifs is 1. The Labute approximate surface area is 173 Å². The van der Waals surface area contributed by atoms with Crippen LogP contribution < -0.4 is 15.8 Å². The van der Waals surface area contributed by atoms with Crippen LogP contribution in [0.2, 0.25) is 5.02 Å². The van der Waals surface area contributed by atoms with Crippen LogP contribution in [0.15, 0.2) is 47.1 Å². The summed E-state index contributed by atoms with van der Waals surface area (Å²) in [5.41, 5.74) is 12.1. The summed E-state index contributed by atoms with van der Waals surface area (Å²) in [6, 6.07) is 11.6. The van der Waals surface area contributed by atoms with E-state index < -0.39 is 0 Å². The van der Waals surface area contributed by atoms with Crippen molar-refractivity contribution < 1.29 is 9.26 Å². The van der Waals surface area contributed by atoms with Crippen molar-refractivity contribution in [1.82, 2.24) is 10.1 Å². The molecule has 148 valence electrons. The van der Waals surface area contributed by atoms with Gasteiger partial charge in [-0.15, -0.1) is 0 Å². The molecule has 0 bridgehead atoms. The number of nitrogens with two attached hydrogens (primary N) is 1. The van der Waals surface area contributed by atoms with Crippen LogP contribution in [0.3, 0.4) is 0 Å². The highest BCUT2D eigenvalue weighted by molar-refractivity contribution is 6.30. The Morgan fingerprint density at radius 2 is 1.93 bits per heavy atom. The molecule has 4 aromatic rings. The molecule has 0 aliphatic carbocycles. The van der Waals surface area contributed by atoms with Crippen molar-refractivity contribution in [3.63, 3.8) is 0 Å². The molecular weight excluding hydrogens is 388 g/mol. The minimum Gasteiger partial charge on any atom is -0.496 e. The van der Waals surface area contributed by atoms with Gasteiger partial charge < -0.3 is 20.3 Å². The van der Waals surface area contributed by atoms with E-state index >= 15 is 0 Å². The maximum atomic E-state index is 6.24. The number of aromatic nitrogens is 2. The Morgan fingerprint density at radius 3 is 2.59 bits per heavy atom. The number of rotatable bonds is 5. The molecule has 0 aliphatic heterocycles. The van der Waals surface area contributed by atoms with Crippen LogP contribution >= 0.6 is 11.6 Å². The monoisotopic (exact) mass is 408 g/mol. The van der Waals surface area contributed by atoms with Crippen LogP contribution in [-0.2, 0) is 6.54 Å². The molecule has 0 radical (unpaired) electrons. The zero-order chi connectivity index (χ0) is 20.5. The van der Waals surface area contributed by atoms with Gasteiger partial charge in [0, 0.05) is 22.5 Å². The number of hydrogen-bond donors (Lipinski definition) is 2. The number of nitrogens with zero attached hydrogens (tertiary/aromatic N) is 2. The summed E-state index contributed by atoms with van der Waals surface area (Å²) < 4.78 is 11.0. The Morgan fingerprint density at radius 1 is 1.17 bits per heavy atom. The summed E-state index contributed by atoms with van der Waals surface area (Å²) in [5, 5.41) is 9.07. The lowest BCUT2D eigenvalue weighted by Gasteiger charge is -2.15. The smallest absolute Gasteiger partial charge is 0.141 e. The van der Waals surface area contributed by atoms with E-state index in [9.17, 15) is 0 Å². The lowest BCUT2D eigenvalue weighted by molar-refractivity contribution is 0.393. The van der Waals surface area contributed by atoms with E-state index in [2.05, 4.69) is 15.5 Å². The maximum Gasteiger partial charge on any atom is 0.141 e. The van der Waals surface area contributed by atoms with E-state index in [1.165, 1.54) is 0 Å². The van der Waals surface area contributed by atoms with Crippen LogP contribution in [0.25, 0.3) is 22.0 Å². The number of anilines is 2. The Hall–Kier alpha value is -3.25. The molecule has 29 heavy (non-hydrogen) atoms. The van der Waals surface area contributed by atoms with Crippen molar-refractivity contribution in [3.05, 3.63) is 64.6 Å². The molecule has 0 unspecified atom stereocenters. The van der Waals surface area contributed by atoms with E-state index in [1.54, 1.807) is 13.3 Å². The first kappa shape index (κ1) is 19.1. The quantitative estimate of drug-likeness (QED) is 0.462. The van der Waals surface area contributed by atoms with Crippen molar-refractivity contribution in [2.24, 2.45) is 0 Å². The van der Waals surface area contributed by atoms with Crippen molar-refractivity contribution >= 4 is 33.9 Å². The third-order valence-electron chi connectivity index (χ3n) is 4.90. The molecule has 2 aromatic carbocycles. The van der Waals surface area contributed by atoms with E-state index in [0.29, 0.717) is 23.0 Å². The van der Waals surface area contributed by atoms with Gasteiger partial charge in [-0.3, -0.25) is 4.98 Å². The minimum absolute atomic E-state index is 0.568. The lowest BCUT2D eigenvalue weighted by Crippen LogP contribution is -2.04. The van der Waals surface area contributed by atoms with Crippen molar-refractivity contribution in [2.45, 2.75) is 20.4 Å². The van der Waals surface area contributed by atoms with Gasteiger partial charge >= 0.3 is 0 Å². The van der Waals surface area contributed by atoms with Gasteiger partial charge in [0.05, 0.1) is 41.5 Å². The van der Waals surface area contributed by atoms with Gasteiger partial charge in [0.2, 0.25) is 0 Å². The van der Waals surface area contributed by atoms with Gasteiger partial charge in [-0.2, -0.15) is 0 Å². The second-order valence-electron chi connectivity index (χ2n) is 6.84. The van der Waals surface area contributed by atoms with Gasteiger partial charge in [0.15, 0.2) is 0 Å². The third kappa shape index (κ3) is 3.59. The predicted molar refractivity (Wildman–Crippen MR) is 116 cm³/mol. The van der Waals surface area contributed by atoms with Gasteiger partial charge in [0.1, 0.15) is 11.5 Å². The topological polar surface area (TPSA) is 86.2 Å². The molecule has 2 heterocycles. The number of hydrogen-bond acceptors (Lipinski definition) is 6. The second kappa shape index (κ2) is 7.64. The fourth-order valence-electron chi connectivity index (χ4n) is 3.46. The number of nitrogen functional groups attached to an aromatic ring is 1. The van der Waals surface area contributed by atoms with Gasteiger partial charge in [-0.1, -0.05) is 28.9 Å². The number of aryl methyl sites for hydroxylation is 2. The largest absolute Gasteiger partial charge is 0.496 e. The second-order valence-corrected chi connectivity index (χ2v) is 7.27. The van der Waals surface area contributed by atoms with Crippen molar-refractivity contribution in [1.29, 1.82) is 0 Å². The fraction of sp³-hybridized carbons (Fsp3) is 0.182. The number of methoxy groups -OCH3 is 1. The molecule has 0 saturated carbocycles. The molecule has 0 atom stereocenters. The minimum atomic E-state index is 0.568. The molecule has 4 rings (SSSR count). The first-order chi connectivity index (χ1) is 14.0. The normalized spacial score (nSPS) is 11.0. The molecule has 7 heteroatoms. The number of halogens is 1. The van der Waals surface area contributed by atoms with E-state index in [-0.39, 0.29) is 0 Å². The number of pyridine rings is 1. The molecule has 0 spiro atoms. The molecule has 0 aliphatic rings. The molecule has 0 amide bonds. The predicted octanol–water partition coefficient (Wildman–Crippen LogP) is 5.36. The summed E-state index contributed by atoms with van der Waals surface area (Å²) in [7, 11) is 1.64. The molecule has 3 N–H and O–H groups in total. The first-order valence-electron chi connectivity index (χ1n) is 9.15. The summed E-state index contributed by atoms with van der Waals surface area (Å²) in [4.78, 5) is 4.52. The molecule has 6 nitrogen and oxygen atoms in total. The van der Waals surface area contributed by atoms with Crippen LogP contribution in [0.4, 0.5) is 11.4 Å². The Kier molecular flexibility index (Phi) is 5.03. The molecular formula is C22H21ClN4O2. The average Bonchev–Trinajstić information content (AvgIpc) is 3.05. The first-order valence-corrected chi connectivity index (χ1v) is 9.53. The highest BCUT2D eigenvalue weighted by Gasteiger charge is 2.19. The highest BCUT2D eigenvalue weighted by atomic mass is 35.5. The van der Waals surface area contributed by atoms with Crippen molar-refractivity contribution in [2.75, 3.05) is 18.2 Å². The van der Waals surface area contributed by atoms with E-state index in [1.807, 2.05) is 50.2 Å². The zero-order valence-electron chi connectivity index (χ0n) is 16.4. The summed E-state index contributed by atoms with van der Waals surface area (Å²) in [6.07, 6.45) is 1.66. The third-order valence-corrected chi connectivity index (χ3v) is 5.16. The molecule has 2 aromatic heterocycles. The van der Waals surface area contributed by atoms with E-state index in [4.69, 9.17) is 26.6 Å². The summed E-state index contributed by atoms with van der Waals surface area (Å²) in [6.45, 7) is 4.40. The van der Waals surface area contributed by atoms with Crippen LogP contribution in [0, 0.1) is 13.8 Å². The van der Waals surface area contributed by atoms with Gasteiger partial charge in [0.25, 0.3) is 0 Å². The van der Waals surface area contributed by atoms with Crippen LogP contribution in [0.1, 0.15) is 17.0 Å². The van der Waals surface area contributed by atoms with Crippen LogP contribution in [-0.4, -0.2) is 17.3 Å². The number of ether oxygens (including phenoxy) is 1. The van der Waals surface area contributed by atoms with Crippen molar-refractivity contribution in [3.8, 4) is 16.9 Å². The lowest BCUT2D eigenvalue weighted by atomic mass is 10.00. The SMILES string of the molecule is COc1cc2c(NCc3ccc(Cl)cc3)c(N)cnc2cc1-c1c(C)noc1C. The van der Waals surface area contributed by atoms with Gasteiger partial charge in [-0.25, -0.2) is 0 Å². The van der Waals surface area contributed by atoms with Gasteiger partial charge in [-0.05, 0) is 43.7 Å². The average molecular weight is 409 g/mol. The number of nitrogens with one attached hydrogen (secondary N) is 1. The summed E-state index contributed by atoms with van der Waals surface area (Å²) in [5.74, 6) is 1.44. The molecule has 0 fully saturated rings. The summed E-state index contributed by atoms with van der Waals surface area (Å²) >= 11 is 5.97. The maximum absolute atomic E-state index is 6.24. The Balaban J connectivity index is 1.79. The van der Waals surface area contributed by atoms with E-state index in [0.717, 1.165) is 44.7 Å². The fourth-order valence-corrected chi connectivity index (χ4v) is 3.58. The number of benzene rings is 2. The highest BCUT2D eigenvalue weighted by Crippen LogP contribution is 2.40.